The first-order chi connectivity index (χ1) is 13.1. The summed E-state index contributed by atoms with van der Waals surface area (Å²) in [5.74, 6) is 0.760. The molecular weight excluding hydrogens is 338 g/mol. The average Bonchev–Trinajstić information content (AvgIpc) is 2.69. The number of carbonyl (C=O) groups excluding carboxylic acids is 1. The summed E-state index contributed by atoms with van der Waals surface area (Å²) >= 11 is 0. The van der Waals surface area contributed by atoms with Gasteiger partial charge in [-0.05, 0) is 67.3 Å². The maximum absolute atomic E-state index is 12.7. The van der Waals surface area contributed by atoms with Crippen LogP contribution in [-0.2, 0) is 6.42 Å². The smallest absolute Gasteiger partial charge is 0.255 e. The topological polar surface area (TPSA) is 65.5 Å². The predicted octanol–water partition coefficient (Wildman–Crippen LogP) is 4.43. The standard InChI is InChI=1S/C22H21N3O2/c1-15-13-18(26)8-9-19(15)24-22(27)17-10-11-23-21(14-17)25-12-4-6-16-5-2-3-7-20(16)25/h2-3,5,7-11,13-14,26H,4,6,12H2,1H3,(H,24,27). The van der Waals surface area contributed by atoms with Gasteiger partial charge in [0.25, 0.3) is 5.91 Å². The lowest BCUT2D eigenvalue weighted by Gasteiger charge is -2.30. The Hall–Kier alpha value is -3.34. The Labute approximate surface area is 158 Å². The van der Waals surface area contributed by atoms with Crippen LogP contribution in [0.4, 0.5) is 17.2 Å². The molecule has 2 aromatic carbocycles. The number of phenolic OH excluding ortho intramolecular Hbond substituents is 1. The van der Waals surface area contributed by atoms with Gasteiger partial charge in [-0.3, -0.25) is 4.79 Å². The highest BCUT2D eigenvalue weighted by Crippen LogP contribution is 2.32. The minimum atomic E-state index is -0.197. The summed E-state index contributed by atoms with van der Waals surface area (Å²) < 4.78 is 0. The summed E-state index contributed by atoms with van der Waals surface area (Å²) in [6.45, 7) is 2.73. The Bertz CT molecular complexity index is 1000. The molecule has 1 aliphatic heterocycles. The summed E-state index contributed by atoms with van der Waals surface area (Å²) in [5.41, 5.74) is 4.50. The number of nitrogens with one attached hydrogen (secondary N) is 1. The monoisotopic (exact) mass is 359 g/mol. The van der Waals surface area contributed by atoms with Crippen molar-refractivity contribution in [2.24, 2.45) is 0 Å². The van der Waals surface area contributed by atoms with E-state index in [0.29, 0.717) is 11.3 Å². The van der Waals surface area contributed by atoms with E-state index in [4.69, 9.17) is 0 Å². The van der Waals surface area contributed by atoms with Crippen LogP contribution in [0.5, 0.6) is 5.75 Å². The van der Waals surface area contributed by atoms with Crippen molar-refractivity contribution in [2.75, 3.05) is 16.8 Å². The van der Waals surface area contributed by atoms with Gasteiger partial charge in [-0.15, -0.1) is 0 Å². The summed E-state index contributed by atoms with van der Waals surface area (Å²) in [5, 5.41) is 12.4. The first-order valence-electron chi connectivity index (χ1n) is 9.04. The summed E-state index contributed by atoms with van der Waals surface area (Å²) in [7, 11) is 0. The number of carbonyl (C=O) groups is 1. The lowest BCUT2D eigenvalue weighted by Crippen LogP contribution is -2.25. The zero-order valence-corrected chi connectivity index (χ0v) is 15.1. The van der Waals surface area contributed by atoms with Crippen molar-refractivity contribution in [2.45, 2.75) is 19.8 Å². The fraction of sp³-hybridized carbons (Fsp3) is 0.182. The molecule has 5 nitrogen and oxygen atoms in total. The van der Waals surface area contributed by atoms with E-state index < -0.39 is 0 Å². The second-order valence-electron chi connectivity index (χ2n) is 6.74. The number of aryl methyl sites for hydroxylation is 2. The fourth-order valence-corrected chi connectivity index (χ4v) is 3.46. The molecule has 0 fully saturated rings. The number of amides is 1. The Morgan fingerprint density at radius 3 is 2.85 bits per heavy atom. The quantitative estimate of drug-likeness (QED) is 0.679. The molecule has 2 heterocycles. The Balaban J connectivity index is 1.61. The number of rotatable bonds is 3. The molecule has 2 N–H and O–H groups in total. The van der Waals surface area contributed by atoms with Crippen molar-refractivity contribution < 1.29 is 9.90 Å². The molecule has 1 amide bonds. The van der Waals surface area contributed by atoms with Crippen LogP contribution < -0.4 is 10.2 Å². The fourth-order valence-electron chi connectivity index (χ4n) is 3.46. The third-order valence-corrected chi connectivity index (χ3v) is 4.85. The molecule has 1 aliphatic rings. The van der Waals surface area contributed by atoms with Gasteiger partial charge in [-0.1, -0.05) is 18.2 Å². The van der Waals surface area contributed by atoms with Crippen molar-refractivity contribution in [1.29, 1.82) is 0 Å². The number of phenols is 1. The minimum Gasteiger partial charge on any atom is -0.508 e. The Morgan fingerprint density at radius 1 is 1.15 bits per heavy atom. The number of aromatic hydroxyl groups is 1. The molecule has 3 aromatic rings. The summed E-state index contributed by atoms with van der Waals surface area (Å²) in [6.07, 6.45) is 3.79. The second-order valence-corrected chi connectivity index (χ2v) is 6.74. The molecule has 0 aliphatic carbocycles. The van der Waals surface area contributed by atoms with Gasteiger partial charge < -0.3 is 15.3 Å². The third kappa shape index (κ3) is 3.49. The van der Waals surface area contributed by atoms with E-state index in [1.165, 1.54) is 5.56 Å². The van der Waals surface area contributed by atoms with E-state index in [0.717, 1.165) is 36.5 Å². The van der Waals surface area contributed by atoms with Gasteiger partial charge in [0.1, 0.15) is 11.6 Å². The molecular formula is C22H21N3O2. The summed E-state index contributed by atoms with van der Waals surface area (Å²) in [4.78, 5) is 19.4. The molecule has 4 rings (SSSR count). The SMILES string of the molecule is Cc1cc(O)ccc1NC(=O)c1ccnc(N2CCCc3ccccc32)c1. The average molecular weight is 359 g/mol. The molecule has 0 unspecified atom stereocenters. The van der Waals surface area contributed by atoms with E-state index in [9.17, 15) is 9.90 Å². The van der Waals surface area contributed by atoms with E-state index in [1.807, 2.05) is 19.1 Å². The van der Waals surface area contributed by atoms with Crippen molar-refractivity contribution >= 4 is 23.1 Å². The van der Waals surface area contributed by atoms with Crippen LogP contribution in [0.2, 0.25) is 0 Å². The van der Waals surface area contributed by atoms with Gasteiger partial charge in [0.05, 0.1) is 0 Å². The highest BCUT2D eigenvalue weighted by molar-refractivity contribution is 6.05. The lowest BCUT2D eigenvalue weighted by atomic mass is 10.0. The van der Waals surface area contributed by atoms with Crippen LogP contribution in [0.1, 0.15) is 27.9 Å². The minimum absolute atomic E-state index is 0.181. The van der Waals surface area contributed by atoms with Crippen molar-refractivity contribution in [3.05, 3.63) is 77.5 Å². The Kier molecular flexibility index (Phi) is 4.50. The molecule has 0 saturated heterocycles. The van der Waals surface area contributed by atoms with E-state index in [2.05, 4.69) is 33.4 Å². The van der Waals surface area contributed by atoms with Gasteiger partial charge in [0, 0.05) is 29.7 Å². The molecule has 0 spiro atoms. The van der Waals surface area contributed by atoms with Crippen molar-refractivity contribution in [3.8, 4) is 5.75 Å². The van der Waals surface area contributed by atoms with Crippen LogP contribution in [0, 0.1) is 6.92 Å². The van der Waals surface area contributed by atoms with Crippen LogP contribution >= 0.6 is 0 Å². The molecule has 5 heteroatoms. The highest BCUT2D eigenvalue weighted by atomic mass is 16.3. The molecule has 1 aromatic heterocycles. The van der Waals surface area contributed by atoms with Crippen LogP contribution in [0.3, 0.4) is 0 Å². The number of hydrogen-bond acceptors (Lipinski definition) is 4. The van der Waals surface area contributed by atoms with E-state index in [-0.39, 0.29) is 11.7 Å². The molecule has 0 saturated carbocycles. The number of anilines is 3. The van der Waals surface area contributed by atoms with Crippen LogP contribution in [0.25, 0.3) is 0 Å². The summed E-state index contributed by atoms with van der Waals surface area (Å²) in [6, 6.07) is 16.8. The molecule has 0 bridgehead atoms. The normalized spacial score (nSPS) is 13.1. The first kappa shape index (κ1) is 17.1. The largest absolute Gasteiger partial charge is 0.508 e. The number of pyridine rings is 1. The van der Waals surface area contributed by atoms with Gasteiger partial charge in [-0.25, -0.2) is 4.98 Å². The van der Waals surface area contributed by atoms with Crippen LogP contribution in [0.15, 0.2) is 60.8 Å². The number of aromatic nitrogens is 1. The molecule has 0 atom stereocenters. The zero-order valence-electron chi connectivity index (χ0n) is 15.1. The first-order valence-corrected chi connectivity index (χ1v) is 9.04. The predicted molar refractivity (Wildman–Crippen MR) is 107 cm³/mol. The Morgan fingerprint density at radius 2 is 2.00 bits per heavy atom. The lowest BCUT2D eigenvalue weighted by molar-refractivity contribution is 0.102. The van der Waals surface area contributed by atoms with Crippen molar-refractivity contribution in [3.63, 3.8) is 0 Å². The number of nitrogens with zero attached hydrogens (tertiary/aromatic N) is 2. The second kappa shape index (κ2) is 7.11. The van der Waals surface area contributed by atoms with Gasteiger partial charge in [0.15, 0.2) is 0 Å². The number of benzene rings is 2. The highest BCUT2D eigenvalue weighted by Gasteiger charge is 2.19. The zero-order chi connectivity index (χ0) is 18.8. The molecule has 0 radical (unpaired) electrons. The van der Waals surface area contributed by atoms with E-state index >= 15 is 0 Å². The third-order valence-electron chi connectivity index (χ3n) is 4.85. The number of para-hydroxylation sites is 1. The van der Waals surface area contributed by atoms with Crippen molar-refractivity contribution in [1.82, 2.24) is 4.98 Å². The van der Waals surface area contributed by atoms with Gasteiger partial charge in [0.2, 0.25) is 0 Å². The molecule has 136 valence electrons. The number of fused-ring (bicyclic) bond motifs is 1. The number of hydrogen-bond donors (Lipinski definition) is 2. The van der Waals surface area contributed by atoms with Gasteiger partial charge in [-0.2, -0.15) is 0 Å². The van der Waals surface area contributed by atoms with Crippen LogP contribution in [-0.4, -0.2) is 22.5 Å². The maximum Gasteiger partial charge on any atom is 0.255 e. The van der Waals surface area contributed by atoms with Gasteiger partial charge >= 0.3 is 0 Å². The molecule has 27 heavy (non-hydrogen) atoms. The van der Waals surface area contributed by atoms with E-state index in [1.54, 1.807) is 30.5 Å². The maximum atomic E-state index is 12.7.